The van der Waals surface area contributed by atoms with Crippen molar-refractivity contribution >= 4 is 62.7 Å². The van der Waals surface area contributed by atoms with Gasteiger partial charge in [-0.2, -0.15) is 0 Å². The minimum Gasteiger partial charge on any atom is -0.445 e. The Morgan fingerprint density at radius 1 is 0.822 bits per heavy atom. The van der Waals surface area contributed by atoms with Crippen LogP contribution >= 0.6 is 34.8 Å². The fourth-order valence-corrected chi connectivity index (χ4v) is 5.41. The SMILES string of the molecule is N=C(NC(=O)OCC(Cl)(Cl)Cl)c1cccc(CN(Cc2ccccc2)C(=O)Cc2ccc(-c3ccccc3S(N)(=O)=O)cc2)c1. The molecule has 0 aliphatic heterocycles. The molecule has 4 aromatic carbocycles. The molecule has 0 aliphatic rings. The first kappa shape index (κ1) is 34.0. The highest BCUT2D eigenvalue weighted by Gasteiger charge is 2.23. The Labute approximate surface area is 276 Å². The molecule has 0 aliphatic carbocycles. The number of nitrogens with zero attached hydrogens (tertiary/aromatic N) is 1. The fraction of sp³-hybridized carbons (Fsp3) is 0.156. The molecule has 0 saturated heterocycles. The lowest BCUT2D eigenvalue weighted by Gasteiger charge is -2.24. The summed E-state index contributed by atoms with van der Waals surface area (Å²) in [6, 6.07) is 30.0. The summed E-state index contributed by atoms with van der Waals surface area (Å²) in [5.41, 5.74) is 3.92. The van der Waals surface area contributed by atoms with E-state index in [0.717, 1.165) is 16.7 Å². The van der Waals surface area contributed by atoms with E-state index in [1.54, 1.807) is 65.6 Å². The summed E-state index contributed by atoms with van der Waals surface area (Å²) in [5.74, 6) is -0.373. The molecule has 0 atom stereocenters. The van der Waals surface area contributed by atoms with Crippen molar-refractivity contribution in [3.05, 3.63) is 125 Å². The third kappa shape index (κ3) is 10.3. The van der Waals surface area contributed by atoms with Gasteiger partial charge in [0.15, 0.2) is 0 Å². The van der Waals surface area contributed by atoms with Gasteiger partial charge >= 0.3 is 6.09 Å². The molecule has 45 heavy (non-hydrogen) atoms. The zero-order chi connectivity index (χ0) is 32.6. The van der Waals surface area contributed by atoms with Gasteiger partial charge in [-0.15, -0.1) is 0 Å². The number of carbonyl (C=O) groups is 2. The summed E-state index contributed by atoms with van der Waals surface area (Å²) in [6.07, 6.45) is -0.854. The number of ether oxygens (including phenoxy) is 1. The van der Waals surface area contributed by atoms with Crippen LogP contribution in [0.1, 0.15) is 22.3 Å². The average molecular weight is 688 g/mol. The molecule has 0 fully saturated rings. The van der Waals surface area contributed by atoms with E-state index in [9.17, 15) is 18.0 Å². The van der Waals surface area contributed by atoms with Gasteiger partial charge in [0, 0.05) is 24.2 Å². The number of alkyl halides is 3. The standard InChI is InChI=1S/C32H29Cl3N4O5S/c33-32(34,35)21-44-31(41)38-30(36)26-10-6-9-24(17-26)20-39(19-23-7-2-1-3-8-23)29(40)18-22-13-15-25(16-14-22)27-11-4-5-12-28(27)45(37,42)43/h1-17H,18-21H2,(H2,36,38,41)(H2,37,42,43). The van der Waals surface area contributed by atoms with Crippen LogP contribution in [-0.4, -0.2) is 41.6 Å². The first-order valence-corrected chi connectivity index (χ1v) is 16.2. The molecular weight excluding hydrogens is 659 g/mol. The van der Waals surface area contributed by atoms with E-state index in [4.69, 9.17) is 50.1 Å². The highest BCUT2D eigenvalue weighted by molar-refractivity contribution is 7.89. The number of nitrogens with two attached hydrogens (primary N) is 1. The van der Waals surface area contributed by atoms with Crippen LogP contribution in [0.25, 0.3) is 11.1 Å². The monoisotopic (exact) mass is 686 g/mol. The lowest BCUT2D eigenvalue weighted by molar-refractivity contribution is -0.131. The summed E-state index contributed by atoms with van der Waals surface area (Å²) >= 11 is 16.8. The van der Waals surface area contributed by atoms with Crippen LogP contribution in [0.5, 0.6) is 0 Å². The Morgan fingerprint density at radius 3 is 2.11 bits per heavy atom. The highest BCUT2D eigenvalue weighted by Crippen LogP contribution is 2.27. The molecule has 0 aromatic heterocycles. The van der Waals surface area contributed by atoms with E-state index in [1.165, 1.54) is 6.07 Å². The topological polar surface area (TPSA) is 143 Å². The number of benzene rings is 4. The van der Waals surface area contributed by atoms with Crippen LogP contribution in [0, 0.1) is 5.41 Å². The Bertz CT molecular complexity index is 1780. The number of alkyl carbamates (subject to hydrolysis) is 1. The number of hydrogen-bond donors (Lipinski definition) is 3. The van der Waals surface area contributed by atoms with Crippen LogP contribution < -0.4 is 10.5 Å². The quantitative estimate of drug-likeness (QED) is 0.103. The van der Waals surface area contributed by atoms with Gasteiger partial charge in [-0.05, 0) is 34.4 Å². The van der Waals surface area contributed by atoms with Crippen LogP contribution in [0.3, 0.4) is 0 Å². The second kappa shape index (κ2) is 14.9. The average Bonchev–Trinajstić information content (AvgIpc) is 3.00. The molecule has 9 nitrogen and oxygen atoms in total. The van der Waals surface area contributed by atoms with E-state index in [0.29, 0.717) is 23.2 Å². The number of sulfonamides is 1. The zero-order valence-corrected chi connectivity index (χ0v) is 26.8. The maximum Gasteiger partial charge on any atom is 0.412 e. The van der Waals surface area contributed by atoms with Gasteiger partial charge in [-0.25, -0.2) is 18.4 Å². The molecule has 0 unspecified atom stereocenters. The fourth-order valence-electron chi connectivity index (χ4n) is 4.48. The maximum absolute atomic E-state index is 13.7. The minimum absolute atomic E-state index is 0.0214. The number of amidine groups is 1. The van der Waals surface area contributed by atoms with E-state index in [1.807, 2.05) is 36.4 Å². The van der Waals surface area contributed by atoms with E-state index in [-0.39, 0.29) is 29.6 Å². The third-order valence-corrected chi connectivity index (χ3v) is 7.86. The first-order valence-electron chi connectivity index (χ1n) is 13.5. The van der Waals surface area contributed by atoms with Crippen molar-refractivity contribution in [2.45, 2.75) is 28.2 Å². The normalized spacial score (nSPS) is 11.5. The predicted molar refractivity (Wildman–Crippen MR) is 176 cm³/mol. The summed E-state index contributed by atoms with van der Waals surface area (Å²) in [5, 5.41) is 16.0. The van der Waals surface area contributed by atoms with Crippen molar-refractivity contribution in [3.8, 4) is 11.1 Å². The van der Waals surface area contributed by atoms with Crippen molar-refractivity contribution < 1.29 is 22.7 Å². The number of halogens is 3. The van der Waals surface area contributed by atoms with Crippen LogP contribution in [0.4, 0.5) is 4.79 Å². The molecule has 0 bridgehead atoms. The van der Waals surface area contributed by atoms with Gasteiger partial charge in [0.1, 0.15) is 12.4 Å². The third-order valence-electron chi connectivity index (χ3n) is 6.57. The molecule has 13 heteroatoms. The van der Waals surface area contributed by atoms with Crippen molar-refractivity contribution in [3.63, 3.8) is 0 Å². The number of carbonyl (C=O) groups excluding carboxylic acids is 2. The molecule has 0 saturated carbocycles. The molecule has 234 valence electrons. The Hall–Kier alpha value is -3.93. The number of primary sulfonamides is 1. The van der Waals surface area contributed by atoms with Crippen molar-refractivity contribution in [2.24, 2.45) is 5.14 Å². The largest absolute Gasteiger partial charge is 0.445 e. The van der Waals surface area contributed by atoms with Gasteiger partial charge in [-0.3, -0.25) is 15.5 Å². The number of nitrogens with one attached hydrogen (secondary N) is 2. The summed E-state index contributed by atoms with van der Waals surface area (Å²) in [6.45, 7) is 0.0775. The summed E-state index contributed by atoms with van der Waals surface area (Å²) in [4.78, 5) is 27.4. The van der Waals surface area contributed by atoms with Crippen molar-refractivity contribution in [1.29, 1.82) is 5.41 Å². The van der Waals surface area contributed by atoms with Gasteiger partial charge in [0.05, 0.1) is 11.3 Å². The molecule has 4 aromatic rings. The second-order valence-corrected chi connectivity index (χ2v) is 14.1. The predicted octanol–water partition coefficient (Wildman–Crippen LogP) is 6.19. The number of hydrogen-bond acceptors (Lipinski definition) is 6. The van der Waals surface area contributed by atoms with Crippen LogP contribution in [0.15, 0.2) is 108 Å². The zero-order valence-electron chi connectivity index (χ0n) is 23.8. The maximum atomic E-state index is 13.7. The summed E-state index contributed by atoms with van der Waals surface area (Å²) in [7, 11) is -3.92. The molecule has 0 heterocycles. The molecule has 4 rings (SSSR count). The molecule has 2 amide bonds. The number of rotatable bonds is 10. The first-order chi connectivity index (χ1) is 21.3. The van der Waals surface area contributed by atoms with E-state index < -0.39 is 26.5 Å². The molecule has 0 radical (unpaired) electrons. The molecular formula is C32H29Cl3N4O5S. The van der Waals surface area contributed by atoms with Gasteiger partial charge < -0.3 is 9.64 Å². The lowest BCUT2D eigenvalue weighted by atomic mass is 10.0. The Balaban J connectivity index is 1.50. The minimum atomic E-state index is -3.92. The highest BCUT2D eigenvalue weighted by atomic mass is 35.6. The smallest absolute Gasteiger partial charge is 0.412 e. The Morgan fingerprint density at radius 2 is 1.44 bits per heavy atom. The van der Waals surface area contributed by atoms with Gasteiger partial charge in [0.25, 0.3) is 0 Å². The van der Waals surface area contributed by atoms with Crippen LogP contribution in [-0.2, 0) is 39.1 Å². The Kier molecular flexibility index (Phi) is 11.2. The number of amides is 2. The van der Waals surface area contributed by atoms with Crippen molar-refractivity contribution in [1.82, 2.24) is 10.2 Å². The molecule has 4 N–H and O–H groups in total. The van der Waals surface area contributed by atoms with Crippen LogP contribution in [0.2, 0.25) is 0 Å². The van der Waals surface area contributed by atoms with Gasteiger partial charge in [-0.1, -0.05) is 126 Å². The molecule has 0 spiro atoms. The second-order valence-electron chi connectivity index (χ2n) is 10.0. The lowest BCUT2D eigenvalue weighted by Crippen LogP contribution is -2.33. The van der Waals surface area contributed by atoms with Crippen molar-refractivity contribution in [2.75, 3.05) is 6.61 Å². The van der Waals surface area contributed by atoms with Gasteiger partial charge in [0.2, 0.25) is 19.7 Å². The summed E-state index contributed by atoms with van der Waals surface area (Å²) < 4.78 is 27.2. The van der Waals surface area contributed by atoms with E-state index >= 15 is 0 Å². The van der Waals surface area contributed by atoms with E-state index in [2.05, 4.69) is 5.32 Å².